The van der Waals surface area contributed by atoms with Crippen LogP contribution in [0.3, 0.4) is 0 Å². The van der Waals surface area contributed by atoms with Gasteiger partial charge < -0.3 is 10.4 Å². The highest BCUT2D eigenvalue weighted by Crippen LogP contribution is 2.23. The molecule has 2 aromatic rings. The molecule has 0 fully saturated rings. The van der Waals surface area contributed by atoms with Gasteiger partial charge in [-0.25, -0.2) is 8.78 Å². The van der Waals surface area contributed by atoms with Gasteiger partial charge in [-0.1, -0.05) is 35.9 Å². The molecule has 0 aliphatic rings. The second-order valence-electron chi connectivity index (χ2n) is 4.83. The van der Waals surface area contributed by atoms with Crippen molar-refractivity contribution in [2.45, 2.75) is 19.1 Å². The maximum atomic E-state index is 13.6. The minimum atomic E-state index is -1.06. The number of halogens is 3. The Morgan fingerprint density at radius 2 is 1.86 bits per heavy atom. The van der Waals surface area contributed by atoms with Crippen LogP contribution in [0.25, 0.3) is 0 Å². The van der Waals surface area contributed by atoms with Crippen molar-refractivity contribution in [2.75, 3.05) is 6.54 Å². The van der Waals surface area contributed by atoms with Crippen molar-refractivity contribution < 1.29 is 13.9 Å². The first kappa shape index (κ1) is 15.9. The fourth-order valence-corrected chi connectivity index (χ4v) is 2.41. The average Bonchev–Trinajstić information content (AvgIpc) is 2.45. The third-order valence-electron chi connectivity index (χ3n) is 3.31. The third kappa shape index (κ3) is 4.00. The largest absolute Gasteiger partial charge is 0.387 e. The normalized spacial score (nSPS) is 14.0. The molecule has 0 bridgehead atoms. The average molecular weight is 312 g/mol. The van der Waals surface area contributed by atoms with Crippen molar-refractivity contribution in [3.05, 3.63) is 70.2 Å². The molecule has 112 valence electrons. The van der Waals surface area contributed by atoms with Gasteiger partial charge in [0.1, 0.15) is 11.6 Å². The summed E-state index contributed by atoms with van der Waals surface area (Å²) in [6.45, 7) is 2.03. The van der Waals surface area contributed by atoms with Crippen molar-refractivity contribution in [1.82, 2.24) is 5.32 Å². The molecule has 1 unspecified atom stereocenters. The number of benzene rings is 2. The van der Waals surface area contributed by atoms with E-state index in [0.717, 1.165) is 17.7 Å². The van der Waals surface area contributed by atoms with Crippen LogP contribution in [0.2, 0.25) is 5.02 Å². The molecule has 21 heavy (non-hydrogen) atoms. The third-order valence-corrected chi connectivity index (χ3v) is 3.65. The van der Waals surface area contributed by atoms with Gasteiger partial charge in [0, 0.05) is 29.2 Å². The number of aliphatic hydroxyl groups is 1. The van der Waals surface area contributed by atoms with Gasteiger partial charge in [-0.2, -0.15) is 0 Å². The highest BCUT2D eigenvalue weighted by atomic mass is 35.5. The van der Waals surface area contributed by atoms with Crippen LogP contribution >= 0.6 is 11.6 Å². The van der Waals surface area contributed by atoms with Crippen molar-refractivity contribution >= 4 is 11.6 Å². The summed E-state index contributed by atoms with van der Waals surface area (Å²) in [4.78, 5) is 0. The van der Waals surface area contributed by atoms with Gasteiger partial charge in [0.2, 0.25) is 0 Å². The standard InChI is InChI=1S/C16H16ClF2NO/c1-10(12-4-2-3-5-14(12)17)20-9-16(21)13-7-6-11(18)8-15(13)19/h2-8,10,16,20-21H,9H2,1H3/t10-,16?/m1/s1. The quantitative estimate of drug-likeness (QED) is 0.874. The number of hydrogen-bond acceptors (Lipinski definition) is 2. The Morgan fingerprint density at radius 1 is 1.14 bits per heavy atom. The minimum Gasteiger partial charge on any atom is -0.387 e. The topological polar surface area (TPSA) is 32.3 Å². The molecule has 0 amide bonds. The molecule has 2 rings (SSSR count). The van der Waals surface area contributed by atoms with Gasteiger partial charge in [0.15, 0.2) is 0 Å². The van der Waals surface area contributed by atoms with Gasteiger partial charge in [-0.3, -0.25) is 0 Å². The van der Waals surface area contributed by atoms with Crippen LogP contribution in [0, 0.1) is 11.6 Å². The zero-order chi connectivity index (χ0) is 15.4. The van der Waals surface area contributed by atoms with Crippen LogP contribution in [0.15, 0.2) is 42.5 Å². The maximum absolute atomic E-state index is 13.6. The molecule has 2 aromatic carbocycles. The molecule has 2 nitrogen and oxygen atoms in total. The predicted octanol–water partition coefficient (Wildman–Crippen LogP) is 4.00. The van der Waals surface area contributed by atoms with E-state index in [-0.39, 0.29) is 18.2 Å². The van der Waals surface area contributed by atoms with Crippen LogP contribution in [0.1, 0.15) is 30.2 Å². The SMILES string of the molecule is C[C@@H](NCC(O)c1ccc(F)cc1F)c1ccccc1Cl. The Kier molecular flexibility index (Phi) is 5.28. The van der Waals surface area contributed by atoms with E-state index in [4.69, 9.17) is 11.6 Å². The predicted molar refractivity (Wildman–Crippen MR) is 79.2 cm³/mol. The molecule has 0 saturated heterocycles. The van der Waals surface area contributed by atoms with E-state index in [1.54, 1.807) is 6.07 Å². The zero-order valence-electron chi connectivity index (χ0n) is 11.5. The molecular formula is C16H16ClF2NO. The van der Waals surface area contributed by atoms with Crippen molar-refractivity contribution in [3.63, 3.8) is 0 Å². The summed E-state index contributed by atoms with van der Waals surface area (Å²) in [5, 5.41) is 13.7. The Hall–Kier alpha value is -1.49. The van der Waals surface area contributed by atoms with E-state index >= 15 is 0 Å². The van der Waals surface area contributed by atoms with Gasteiger partial charge in [0.25, 0.3) is 0 Å². The lowest BCUT2D eigenvalue weighted by molar-refractivity contribution is 0.166. The second kappa shape index (κ2) is 6.98. The summed E-state index contributed by atoms with van der Waals surface area (Å²) in [5.41, 5.74) is 0.959. The van der Waals surface area contributed by atoms with Crippen molar-refractivity contribution in [1.29, 1.82) is 0 Å². The first-order chi connectivity index (χ1) is 9.99. The lowest BCUT2D eigenvalue weighted by Crippen LogP contribution is -2.25. The lowest BCUT2D eigenvalue weighted by Gasteiger charge is -2.19. The summed E-state index contributed by atoms with van der Waals surface area (Å²) < 4.78 is 26.4. The van der Waals surface area contributed by atoms with E-state index < -0.39 is 17.7 Å². The number of aliphatic hydroxyl groups excluding tert-OH is 1. The van der Waals surface area contributed by atoms with Crippen LogP contribution < -0.4 is 5.32 Å². The number of nitrogens with one attached hydrogen (secondary N) is 1. The highest BCUT2D eigenvalue weighted by molar-refractivity contribution is 6.31. The van der Waals surface area contributed by atoms with Crippen LogP contribution in [0.4, 0.5) is 8.78 Å². The van der Waals surface area contributed by atoms with E-state index in [1.165, 1.54) is 6.07 Å². The molecule has 0 spiro atoms. The van der Waals surface area contributed by atoms with Gasteiger partial charge in [-0.15, -0.1) is 0 Å². The summed E-state index contributed by atoms with van der Waals surface area (Å²) in [6, 6.07) is 10.4. The van der Waals surface area contributed by atoms with Gasteiger partial charge in [-0.05, 0) is 24.6 Å². The smallest absolute Gasteiger partial charge is 0.131 e. The molecule has 0 heterocycles. The molecular weight excluding hydrogens is 296 g/mol. The Labute approximate surface area is 127 Å². The highest BCUT2D eigenvalue weighted by Gasteiger charge is 2.15. The molecule has 2 atom stereocenters. The summed E-state index contributed by atoms with van der Waals surface area (Å²) in [7, 11) is 0. The molecule has 0 radical (unpaired) electrons. The monoisotopic (exact) mass is 311 g/mol. The minimum absolute atomic E-state index is 0.0651. The zero-order valence-corrected chi connectivity index (χ0v) is 12.2. The maximum Gasteiger partial charge on any atom is 0.131 e. The van der Waals surface area contributed by atoms with Crippen molar-refractivity contribution in [3.8, 4) is 0 Å². The lowest BCUT2D eigenvalue weighted by atomic mass is 10.1. The molecule has 0 aliphatic carbocycles. The summed E-state index contributed by atoms with van der Waals surface area (Å²) in [5.74, 6) is -1.42. The first-order valence-electron chi connectivity index (χ1n) is 6.60. The summed E-state index contributed by atoms with van der Waals surface area (Å²) in [6.07, 6.45) is -1.06. The molecule has 5 heteroatoms. The van der Waals surface area contributed by atoms with E-state index in [2.05, 4.69) is 5.32 Å². The molecule has 0 saturated carbocycles. The van der Waals surface area contributed by atoms with E-state index in [0.29, 0.717) is 5.02 Å². The van der Waals surface area contributed by atoms with Gasteiger partial charge in [0.05, 0.1) is 6.10 Å². The fourth-order valence-electron chi connectivity index (χ4n) is 2.11. The van der Waals surface area contributed by atoms with Crippen LogP contribution in [-0.2, 0) is 0 Å². The number of hydrogen-bond donors (Lipinski definition) is 2. The first-order valence-corrected chi connectivity index (χ1v) is 6.97. The Balaban J connectivity index is 2.01. The second-order valence-corrected chi connectivity index (χ2v) is 5.24. The molecule has 0 aliphatic heterocycles. The Morgan fingerprint density at radius 3 is 2.52 bits per heavy atom. The Bertz CT molecular complexity index is 621. The van der Waals surface area contributed by atoms with E-state index in [1.807, 2.05) is 25.1 Å². The molecule has 2 N–H and O–H groups in total. The fraction of sp³-hybridized carbons (Fsp3) is 0.250. The molecule has 0 aromatic heterocycles. The summed E-state index contributed by atoms with van der Waals surface area (Å²) >= 11 is 6.09. The van der Waals surface area contributed by atoms with Gasteiger partial charge >= 0.3 is 0 Å². The van der Waals surface area contributed by atoms with Crippen LogP contribution in [0.5, 0.6) is 0 Å². The van der Waals surface area contributed by atoms with E-state index in [9.17, 15) is 13.9 Å². The number of rotatable bonds is 5. The van der Waals surface area contributed by atoms with Crippen LogP contribution in [-0.4, -0.2) is 11.7 Å². The van der Waals surface area contributed by atoms with Crippen molar-refractivity contribution in [2.24, 2.45) is 0 Å².